The minimum atomic E-state index is 0.479. The topological polar surface area (TPSA) is 85.1 Å². The molecule has 0 bridgehead atoms. The normalized spacial score (nSPS) is 22.5. The first-order valence-electron chi connectivity index (χ1n) is 9.68. The Balaban J connectivity index is 1.33. The van der Waals surface area contributed by atoms with Gasteiger partial charge in [0, 0.05) is 6.54 Å². The van der Waals surface area contributed by atoms with Gasteiger partial charge >= 0.3 is 0 Å². The zero-order valence-electron chi connectivity index (χ0n) is 15.5. The average molecular weight is 373 g/mol. The number of fused-ring (bicyclic) bond motifs is 1. The molecule has 28 heavy (non-hydrogen) atoms. The molecule has 0 amide bonds. The fraction of sp³-hybridized carbons (Fsp3) is 0.273. The van der Waals surface area contributed by atoms with Crippen LogP contribution in [-0.4, -0.2) is 29.6 Å². The number of nitrogen functional groups attached to an aromatic ring is 1. The molecule has 2 fully saturated rings. The monoisotopic (exact) mass is 373 g/mol. The molecule has 2 heterocycles. The molecule has 5 rings (SSSR count). The third kappa shape index (κ3) is 3.27. The van der Waals surface area contributed by atoms with Gasteiger partial charge in [-0.1, -0.05) is 30.3 Å². The van der Waals surface area contributed by atoms with Gasteiger partial charge in [-0.2, -0.15) is 0 Å². The second-order valence-corrected chi connectivity index (χ2v) is 7.45. The zero-order valence-corrected chi connectivity index (χ0v) is 15.5. The summed E-state index contributed by atoms with van der Waals surface area (Å²) in [5.41, 5.74) is 8.01. The molecule has 1 saturated carbocycles. The number of nitrogens with one attached hydrogen (secondary N) is 2. The second kappa shape index (κ2) is 7.13. The number of nitrogens with two attached hydrogens (primary N) is 1. The Bertz CT molecular complexity index is 950. The van der Waals surface area contributed by atoms with Crippen LogP contribution in [0.2, 0.25) is 0 Å². The van der Waals surface area contributed by atoms with E-state index in [1.54, 1.807) is 0 Å². The summed E-state index contributed by atoms with van der Waals surface area (Å²) in [6.07, 6.45) is 1.52. The molecule has 142 valence electrons. The van der Waals surface area contributed by atoms with Crippen LogP contribution in [0, 0.1) is 17.8 Å². The van der Waals surface area contributed by atoms with Crippen LogP contribution in [0.3, 0.4) is 0 Å². The lowest BCUT2D eigenvalue weighted by Crippen LogP contribution is -2.19. The summed E-state index contributed by atoms with van der Waals surface area (Å²) in [5, 5.41) is 6.94. The van der Waals surface area contributed by atoms with E-state index in [9.17, 15) is 0 Å². The van der Waals surface area contributed by atoms with E-state index >= 15 is 0 Å². The molecular weight excluding hydrogens is 350 g/mol. The highest BCUT2D eigenvalue weighted by molar-refractivity contribution is 5.83. The van der Waals surface area contributed by atoms with Crippen LogP contribution >= 0.6 is 0 Å². The van der Waals surface area contributed by atoms with Gasteiger partial charge in [0.2, 0.25) is 0 Å². The van der Waals surface area contributed by atoms with Crippen LogP contribution in [-0.2, 0) is 0 Å². The minimum Gasteiger partial charge on any atom is -0.457 e. The van der Waals surface area contributed by atoms with Gasteiger partial charge in [0.15, 0.2) is 0 Å². The van der Waals surface area contributed by atoms with Gasteiger partial charge in [0.25, 0.3) is 0 Å². The number of aromatic nitrogens is 2. The predicted octanol–water partition coefficient (Wildman–Crippen LogP) is 3.40. The first-order chi connectivity index (χ1) is 13.8. The van der Waals surface area contributed by atoms with Crippen molar-refractivity contribution in [1.82, 2.24) is 15.3 Å². The molecule has 6 nitrogen and oxygen atoms in total. The third-order valence-electron chi connectivity index (χ3n) is 5.77. The molecule has 4 N–H and O–H groups in total. The lowest BCUT2D eigenvalue weighted by Gasteiger charge is -2.14. The Morgan fingerprint density at radius 2 is 1.68 bits per heavy atom. The Morgan fingerprint density at radius 1 is 0.964 bits per heavy atom. The highest BCUT2D eigenvalue weighted by Gasteiger charge is 2.52. The van der Waals surface area contributed by atoms with Crippen molar-refractivity contribution in [1.29, 1.82) is 0 Å². The zero-order chi connectivity index (χ0) is 18.9. The summed E-state index contributed by atoms with van der Waals surface area (Å²) in [6, 6.07) is 17.6. The summed E-state index contributed by atoms with van der Waals surface area (Å²) in [4.78, 5) is 8.64. The quantitative estimate of drug-likeness (QED) is 0.614. The van der Waals surface area contributed by atoms with Gasteiger partial charge in [0.1, 0.15) is 29.5 Å². The van der Waals surface area contributed by atoms with Gasteiger partial charge in [0.05, 0.1) is 5.56 Å². The number of hydrogen-bond donors (Lipinski definition) is 3. The maximum absolute atomic E-state index is 6.20. The van der Waals surface area contributed by atoms with E-state index in [0.717, 1.165) is 65.8 Å². The second-order valence-electron chi connectivity index (χ2n) is 7.45. The largest absolute Gasteiger partial charge is 0.457 e. The Hall–Kier alpha value is -3.12. The number of ether oxygens (including phenoxy) is 1. The molecule has 1 saturated heterocycles. The highest BCUT2D eigenvalue weighted by atomic mass is 16.5. The van der Waals surface area contributed by atoms with Crippen LogP contribution in [0.15, 0.2) is 60.9 Å². The summed E-state index contributed by atoms with van der Waals surface area (Å²) in [6.45, 7) is 3.20. The number of nitrogens with zero attached hydrogens (tertiary/aromatic N) is 2. The Labute approximate surface area is 164 Å². The smallest absolute Gasteiger partial charge is 0.139 e. The summed E-state index contributed by atoms with van der Waals surface area (Å²) < 4.78 is 5.88. The van der Waals surface area contributed by atoms with E-state index in [-0.39, 0.29) is 0 Å². The van der Waals surface area contributed by atoms with Gasteiger partial charge in [-0.3, -0.25) is 0 Å². The predicted molar refractivity (Wildman–Crippen MR) is 110 cm³/mol. The summed E-state index contributed by atoms with van der Waals surface area (Å²) in [5.74, 6) is 5.21. The SMILES string of the molecule is Nc1ncnc(NCC2C3CNC[C@@H]32)c1-c1ccc(Oc2ccccc2)cc1. The number of hydrogen-bond acceptors (Lipinski definition) is 6. The van der Waals surface area contributed by atoms with Crippen LogP contribution in [0.5, 0.6) is 11.5 Å². The molecule has 1 aromatic heterocycles. The Morgan fingerprint density at radius 3 is 2.43 bits per heavy atom. The van der Waals surface area contributed by atoms with Crippen LogP contribution in [0.4, 0.5) is 11.6 Å². The van der Waals surface area contributed by atoms with Crippen molar-refractivity contribution in [3.8, 4) is 22.6 Å². The maximum atomic E-state index is 6.20. The molecule has 0 radical (unpaired) electrons. The van der Waals surface area contributed by atoms with Crippen LogP contribution in [0.25, 0.3) is 11.1 Å². The van der Waals surface area contributed by atoms with Crippen molar-refractivity contribution in [3.63, 3.8) is 0 Å². The number of rotatable bonds is 6. The molecule has 0 spiro atoms. The van der Waals surface area contributed by atoms with E-state index in [1.165, 1.54) is 6.33 Å². The number of anilines is 2. The molecule has 2 aromatic carbocycles. The van der Waals surface area contributed by atoms with Crippen molar-refractivity contribution >= 4 is 11.6 Å². The standard InChI is InChI=1S/C22H23N5O/c23-21-20(14-6-8-16(9-7-14)28-15-4-2-1-3-5-15)22(27-13-26-21)25-12-19-17-10-24-11-18(17)19/h1-9,13,17-19,24H,10-12H2,(H3,23,25,26,27)/t17-,18?,19?/m0/s1. The summed E-state index contributed by atoms with van der Waals surface area (Å²) in [7, 11) is 0. The molecule has 3 aromatic rings. The van der Waals surface area contributed by atoms with E-state index in [1.807, 2.05) is 54.6 Å². The highest BCUT2D eigenvalue weighted by Crippen LogP contribution is 2.48. The molecular formula is C22H23N5O. The number of benzene rings is 2. The molecule has 2 unspecified atom stereocenters. The molecule has 1 aliphatic carbocycles. The Kier molecular flexibility index (Phi) is 4.33. The third-order valence-corrected chi connectivity index (χ3v) is 5.77. The van der Waals surface area contributed by atoms with Crippen molar-refractivity contribution in [2.45, 2.75) is 0 Å². The van der Waals surface area contributed by atoms with Crippen molar-refractivity contribution in [2.75, 3.05) is 30.7 Å². The van der Waals surface area contributed by atoms with E-state index in [4.69, 9.17) is 10.5 Å². The fourth-order valence-corrected chi connectivity index (χ4v) is 4.20. The van der Waals surface area contributed by atoms with Gasteiger partial charge in [-0.15, -0.1) is 0 Å². The van der Waals surface area contributed by atoms with Crippen molar-refractivity contribution in [3.05, 3.63) is 60.9 Å². The molecule has 1 aliphatic heterocycles. The van der Waals surface area contributed by atoms with E-state index in [0.29, 0.717) is 5.82 Å². The fourth-order valence-electron chi connectivity index (χ4n) is 4.20. The van der Waals surface area contributed by atoms with E-state index in [2.05, 4.69) is 20.6 Å². The first kappa shape index (κ1) is 17.0. The van der Waals surface area contributed by atoms with Crippen LogP contribution in [0.1, 0.15) is 0 Å². The van der Waals surface area contributed by atoms with Gasteiger partial charge in [-0.05, 0) is 60.7 Å². The lowest BCUT2D eigenvalue weighted by atomic mass is 10.1. The van der Waals surface area contributed by atoms with Crippen molar-refractivity contribution in [2.24, 2.45) is 17.8 Å². The first-order valence-corrected chi connectivity index (χ1v) is 9.68. The van der Waals surface area contributed by atoms with E-state index < -0.39 is 0 Å². The number of para-hydroxylation sites is 1. The minimum absolute atomic E-state index is 0.479. The van der Waals surface area contributed by atoms with Crippen molar-refractivity contribution < 1.29 is 4.74 Å². The molecule has 6 heteroatoms. The lowest BCUT2D eigenvalue weighted by molar-refractivity contribution is 0.483. The summed E-state index contributed by atoms with van der Waals surface area (Å²) >= 11 is 0. The molecule has 2 aliphatic rings. The average Bonchev–Trinajstić information content (AvgIpc) is 3.15. The van der Waals surface area contributed by atoms with Crippen LogP contribution < -0.4 is 21.1 Å². The maximum Gasteiger partial charge on any atom is 0.139 e. The molecule has 3 atom stereocenters. The van der Waals surface area contributed by atoms with Gasteiger partial charge in [-0.25, -0.2) is 9.97 Å². The number of piperidine rings is 1. The van der Waals surface area contributed by atoms with Gasteiger partial charge < -0.3 is 21.1 Å².